The summed E-state index contributed by atoms with van der Waals surface area (Å²) in [6.07, 6.45) is 0.0595. The van der Waals surface area contributed by atoms with Crippen molar-refractivity contribution in [1.82, 2.24) is 15.1 Å². The molecule has 0 bridgehead atoms. The summed E-state index contributed by atoms with van der Waals surface area (Å²) in [4.78, 5) is 41.0. The summed E-state index contributed by atoms with van der Waals surface area (Å²) in [5.41, 5.74) is 4.56. The number of ether oxygens (including phenoxy) is 1. The molecule has 3 aliphatic rings. The quantitative estimate of drug-likeness (QED) is 0.636. The van der Waals surface area contributed by atoms with Gasteiger partial charge < -0.3 is 25.0 Å². The van der Waals surface area contributed by atoms with E-state index in [9.17, 15) is 19.5 Å². The molecule has 1 saturated carbocycles. The van der Waals surface area contributed by atoms with Gasteiger partial charge in [0, 0.05) is 25.6 Å². The van der Waals surface area contributed by atoms with Gasteiger partial charge in [-0.05, 0) is 54.6 Å². The Morgan fingerprint density at radius 2 is 1.69 bits per heavy atom. The Kier molecular flexibility index (Phi) is 6.23. The van der Waals surface area contributed by atoms with Crippen molar-refractivity contribution in [2.45, 2.75) is 18.4 Å². The third kappa shape index (κ3) is 4.50. The molecule has 5 rings (SSSR count). The maximum absolute atomic E-state index is 13.3. The zero-order valence-corrected chi connectivity index (χ0v) is 20.0. The first-order valence-corrected chi connectivity index (χ1v) is 12.1. The van der Waals surface area contributed by atoms with Crippen molar-refractivity contribution >= 4 is 18.0 Å². The van der Waals surface area contributed by atoms with Crippen molar-refractivity contribution < 1.29 is 24.2 Å². The molecule has 1 unspecified atom stereocenters. The van der Waals surface area contributed by atoms with E-state index in [2.05, 4.69) is 29.6 Å². The van der Waals surface area contributed by atoms with Gasteiger partial charge in [-0.1, -0.05) is 48.5 Å². The number of rotatable bonds is 7. The highest BCUT2D eigenvalue weighted by Gasteiger charge is 2.57. The van der Waals surface area contributed by atoms with E-state index in [1.165, 1.54) is 0 Å². The number of fused-ring (bicyclic) bond motifs is 4. The SMILES string of the molecule is CN(C)C[C@H](NC(=O)OCC1c2ccccc2-c2ccccc21)C(=O)N1CC[C@H]2C(C(=O)O)[C@H]2C1. The Hall–Kier alpha value is -3.39. The molecule has 2 aromatic carbocycles. The van der Waals surface area contributed by atoms with Gasteiger partial charge in [0.2, 0.25) is 5.91 Å². The average molecular weight is 478 g/mol. The van der Waals surface area contributed by atoms with Crippen molar-refractivity contribution in [3.05, 3.63) is 59.7 Å². The Balaban J connectivity index is 1.23. The van der Waals surface area contributed by atoms with E-state index in [1.54, 1.807) is 4.90 Å². The molecule has 0 radical (unpaired) electrons. The monoisotopic (exact) mass is 477 g/mol. The molecule has 1 aliphatic heterocycles. The summed E-state index contributed by atoms with van der Waals surface area (Å²) in [5.74, 6) is -1.20. The molecule has 2 aliphatic carbocycles. The number of nitrogens with one attached hydrogen (secondary N) is 1. The number of carboxylic acids is 1. The predicted molar refractivity (Wildman–Crippen MR) is 130 cm³/mol. The van der Waals surface area contributed by atoms with Gasteiger partial charge in [0.15, 0.2) is 0 Å². The van der Waals surface area contributed by atoms with Gasteiger partial charge in [-0.15, -0.1) is 0 Å². The molecular weight excluding hydrogens is 446 g/mol. The summed E-state index contributed by atoms with van der Waals surface area (Å²) in [6.45, 7) is 1.45. The molecule has 184 valence electrons. The van der Waals surface area contributed by atoms with Crippen molar-refractivity contribution in [2.24, 2.45) is 17.8 Å². The number of aliphatic carboxylic acids is 1. The van der Waals surface area contributed by atoms with Crippen LogP contribution in [0.1, 0.15) is 23.5 Å². The first-order valence-electron chi connectivity index (χ1n) is 12.1. The zero-order valence-electron chi connectivity index (χ0n) is 20.0. The van der Waals surface area contributed by atoms with Gasteiger partial charge in [-0.25, -0.2) is 4.79 Å². The number of piperidine rings is 1. The molecule has 0 spiro atoms. The number of alkyl carbamates (subject to hydrolysis) is 1. The topological polar surface area (TPSA) is 99.2 Å². The average Bonchev–Trinajstić information content (AvgIpc) is 3.49. The normalized spacial score (nSPS) is 23.2. The lowest BCUT2D eigenvalue weighted by Crippen LogP contribution is -2.54. The molecule has 1 saturated heterocycles. The smallest absolute Gasteiger partial charge is 0.407 e. The van der Waals surface area contributed by atoms with Crippen molar-refractivity contribution in [2.75, 3.05) is 40.3 Å². The molecular formula is C27H31N3O5. The summed E-state index contributed by atoms with van der Waals surface area (Å²) in [7, 11) is 3.68. The second kappa shape index (κ2) is 9.34. The first-order chi connectivity index (χ1) is 16.8. The Labute approximate surface area is 204 Å². The number of carboxylic acid groups (broad SMARTS) is 1. The van der Waals surface area contributed by atoms with Gasteiger partial charge in [0.05, 0.1) is 5.92 Å². The molecule has 2 amide bonds. The van der Waals surface area contributed by atoms with Crippen LogP contribution in [0.2, 0.25) is 0 Å². The molecule has 8 heteroatoms. The van der Waals surface area contributed by atoms with E-state index in [0.29, 0.717) is 26.1 Å². The fraction of sp³-hybridized carbons (Fsp3) is 0.444. The minimum absolute atomic E-state index is 0.0136. The zero-order chi connectivity index (χ0) is 24.7. The lowest BCUT2D eigenvalue weighted by molar-refractivity contribution is -0.139. The van der Waals surface area contributed by atoms with Crippen LogP contribution in [0.3, 0.4) is 0 Å². The van der Waals surface area contributed by atoms with E-state index < -0.39 is 18.1 Å². The number of nitrogens with zero attached hydrogens (tertiary/aromatic N) is 2. The lowest BCUT2D eigenvalue weighted by atomic mass is 9.98. The van der Waals surface area contributed by atoms with Gasteiger partial charge in [0.25, 0.3) is 0 Å². The molecule has 2 N–H and O–H groups in total. The number of carbonyl (C=O) groups is 3. The third-order valence-electron chi connectivity index (χ3n) is 7.57. The molecule has 8 nitrogen and oxygen atoms in total. The summed E-state index contributed by atoms with van der Waals surface area (Å²) >= 11 is 0. The third-order valence-corrected chi connectivity index (χ3v) is 7.57. The van der Waals surface area contributed by atoms with Crippen molar-refractivity contribution in [1.29, 1.82) is 0 Å². The van der Waals surface area contributed by atoms with Crippen LogP contribution in [0.5, 0.6) is 0 Å². The molecule has 4 atom stereocenters. The van der Waals surface area contributed by atoms with Gasteiger partial charge in [0.1, 0.15) is 12.6 Å². The summed E-state index contributed by atoms with van der Waals surface area (Å²) in [6, 6.07) is 15.5. The fourth-order valence-corrected chi connectivity index (χ4v) is 5.86. The van der Waals surface area contributed by atoms with Crippen LogP contribution >= 0.6 is 0 Å². The molecule has 1 heterocycles. The number of benzene rings is 2. The number of hydrogen-bond donors (Lipinski definition) is 2. The van der Waals surface area contributed by atoms with Crippen LogP contribution in [0.4, 0.5) is 4.79 Å². The largest absolute Gasteiger partial charge is 0.481 e. The first kappa shape index (κ1) is 23.4. The Bertz CT molecular complexity index is 1100. The van der Waals surface area contributed by atoms with E-state index in [-0.39, 0.29) is 36.2 Å². The van der Waals surface area contributed by atoms with Crippen LogP contribution < -0.4 is 5.32 Å². The number of carbonyl (C=O) groups excluding carboxylic acids is 2. The van der Waals surface area contributed by atoms with Crippen LogP contribution in [0.25, 0.3) is 11.1 Å². The molecule has 0 aromatic heterocycles. The van der Waals surface area contributed by atoms with Gasteiger partial charge in [-0.3, -0.25) is 9.59 Å². The van der Waals surface area contributed by atoms with Crippen molar-refractivity contribution in [3.8, 4) is 11.1 Å². The Morgan fingerprint density at radius 1 is 1.06 bits per heavy atom. The van der Waals surface area contributed by atoms with E-state index >= 15 is 0 Å². The number of likely N-dealkylation sites (N-methyl/N-ethyl adjacent to an activating group) is 1. The van der Waals surface area contributed by atoms with Gasteiger partial charge >= 0.3 is 12.1 Å². The second-order valence-corrected chi connectivity index (χ2v) is 10.0. The van der Waals surface area contributed by atoms with Crippen LogP contribution in [-0.4, -0.2) is 79.3 Å². The predicted octanol–water partition coefficient (Wildman–Crippen LogP) is 2.63. The highest BCUT2D eigenvalue weighted by molar-refractivity contribution is 5.86. The standard InChI is InChI=1S/C27H31N3O5/c1-29(2)14-23(25(31)30-12-11-20-21(13-30)24(20)26(32)33)28-27(34)35-15-22-18-9-5-3-7-16(18)17-8-4-6-10-19(17)22/h3-10,20-24H,11-15H2,1-2H3,(H,28,34)(H,32,33)/t20-,21+,23+,24?/m1/s1. The van der Waals surface area contributed by atoms with Crippen LogP contribution in [0, 0.1) is 17.8 Å². The molecule has 2 fully saturated rings. The van der Waals surface area contributed by atoms with E-state index in [1.807, 2.05) is 43.3 Å². The summed E-state index contributed by atoms with van der Waals surface area (Å²) in [5, 5.41) is 12.1. The van der Waals surface area contributed by atoms with Crippen molar-refractivity contribution in [3.63, 3.8) is 0 Å². The number of likely N-dealkylation sites (tertiary alicyclic amines) is 1. The number of hydrogen-bond acceptors (Lipinski definition) is 5. The van der Waals surface area contributed by atoms with Crippen LogP contribution in [0.15, 0.2) is 48.5 Å². The highest BCUT2D eigenvalue weighted by Crippen LogP contribution is 2.51. The fourth-order valence-electron chi connectivity index (χ4n) is 5.86. The van der Waals surface area contributed by atoms with E-state index in [4.69, 9.17) is 4.74 Å². The Morgan fingerprint density at radius 3 is 2.29 bits per heavy atom. The van der Waals surface area contributed by atoms with Crippen LogP contribution in [-0.2, 0) is 14.3 Å². The minimum atomic E-state index is -0.782. The maximum Gasteiger partial charge on any atom is 0.407 e. The molecule has 2 aromatic rings. The summed E-state index contributed by atoms with van der Waals surface area (Å²) < 4.78 is 5.65. The molecule has 35 heavy (non-hydrogen) atoms. The maximum atomic E-state index is 13.3. The van der Waals surface area contributed by atoms with E-state index in [0.717, 1.165) is 22.3 Å². The number of amides is 2. The second-order valence-electron chi connectivity index (χ2n) is 10.0. The van der Waals surface area contributed by atoms with Gasteiger partial charge in [-0.2, -0.15) is 0 Å². The lowest BCUT2D eigenvalue weighted by Gasteiger charge is -2.31. The minimum Gasteiger partial charge on any atom is -0.481 e. The highest BCUT2D eigenvalue weighted by atomic mass is 16.5.